The highest BCUT2D eigenvalue weighted by atomic mass is 35.5. The topological polar surface area (TPSA) is 49.6 Å². The van der Waals surface area contributed by atoms with Crippen molar-refractivity contribution >= 4 is 35.6 Å². The van der Waals surface area contributed by atoms with Crippen LogP contribution in [0.4, 0.5) is 5.69 Å². The van der Waals surface area contributed by atoms with Gasteiger partial charge in [-0.25, -0.2) is 0 Å². The van der Waals surface area contributed by atoms with Crippen molar-refractivity contribution in [3.63, 3.8) is 0 Å². The van der Waals surface area contributed by atoms with E-state index in [0.29, 0.717) is 13.1 Å². The zero-order chi connectivity index (χ0) is 15.6. The van der Waals surface area contributed by atoms with Crippen LogP contribution in [0.5, 0.6) is 0 Å². The molecular formula is C16H25Cl2N3O. The number of carbonyl (C=O) groups is 1. The fourth-order valence-electron chi connectivity index (χ4n) is 2.59. The normalized spacial score (nSPS) is 16.5. The summed E-state index contributed by atoms with van der Waals surface area (Å²) in [5.41, 5.74) is 8.32. The number of aryl methyl sites for hydroxylation is 1. The minimum Gasteiger partial charge on any atom is -0.368 e. The second kappa shape index (κ2) is 8.04. The highest BCUT2D eigenvalue weighted by molar-refractivity contribution is 6.30. The molecule has 1 fully saturated rings. The second-order valence-corrected chi connectivity index (χ2v) is 6.45. The highest BCUT2D eigenvalue weighted by Crippen LogP contribution is 2.25. The summed E-state index contributed by atoms with van der Waals surface area (Å²) in [6.07, 6.45) is 0. The first-order chi connectivity index (χ1) is 9.90. The third kappa shape index (κ3) is 4.28. The average molecular weight is 346 g/mol. The van der Waals surface area contributed by atoms with Crippen LogP contribution in [0.3, 0.4) is 0 Å². The zero-order valence-corrected chi connectivity index (χ0v) is 15.0. The maximum Gasteiger partial charge on any atom is 0.239 e. The summed E-state index contributed by atoms with van der Waals surface area (Å²) in [6, 6.07) is 5.53. The zero-order valence-electron chi connectivity index (χ0n) is 13.4. The SMILES string of the molecule is Cc1ccc(Cl)cc1N1CCN(C(=O)[C@@H](N)C(C)C)CC1.Cl. The van der Waals surface area contributed by atoms with Crippen LogP contribution in [0.25, 0.3) is 0 Å². The molecule has 0 bridgehead atoms. The van der Waals surface area contributed by atoms with Crippen LogP contribution in [-0.4, -0.2) is 43.0 Å². The Balaban J connectivity index is 0.00000242. The van der Waals surface area contributed by atoms with Crippen LogP contribution in [-0.2, 0) is 4.79 Å². The fourth-order valence-corrected chi connectivity index (χ4v) is 2.75. The minimum atomic E-state index is -0.399. The number of amides is 1. The van der Waals surface area contributed by atoms with Gasteiger partial charge < -0.3 is 15.5 Å². The van der Waals surface area contributed by atoms with Crippen LogP contribution in [0.2, 0.25) is 5.02 Å². The number of rotatable bonds is 3. The Hall–Kier alpha value is -0.970. The van der Waals surface area contributed by atoms with E-state index in [2.05, 4.69) is 11.8 Å². The average Bonchev–Trinajstić information content (AvgIpc) is 2.48. The second-order valence-electron chi connectivity index (χ2n) is 6.01. The molecule has 6 heteroatoms. The highest BCUT2D eigenvalue weighted by Gasteiger charge is 2.27. The first-order valence-electron chi connectivity index (χ1n) is 7.45. The van der Waals surface area contributed by atoms with Crippen LogP contribution in [0.15, 0.2) is 18.2 Å². The molecule has 0 aromatic heterocycles. The van der Waals surface area contributed by atoms with Crippen molar-refractivity contribution in [2.24, 2.45) is 11.7 Å². The predicted molar refractivity (Wildman–Crippen MR) is 95.0 cm³/mol. The van der Waals surface area contributed by atoms with Gasteiger partial charge in [0.25, 0.3) is 0 Å². The summed E-state index contributed by atoms with van der Waals surface area (Å²) in [5, 5.41) is 0.746. The minimum absolute atomic E-state index is 0. The molecule has 2 N–H and O–H groups in total. The van der Waals surface area contributed by atoms with E-state index in [1.165, 1.54) is 5.56 Å². The number of anilines is 1. The Bertz CT molecular complexity index is 514. The molecule has 4 nitrogen and oxygen atoms in total. The van der Waals surface area contributed by atoms with Crippen molar-refractivity contribution < 1.29 is 4.79 Å². The number of benzene rings is 1. The van der Waals surface area contributed by atoms with Crippen LogP contribution < -0.4 is 10.6 Å². The van der Waals surface area contributed by atoms with Crippen molar-refractivity contribution in [1.82, 2.24) is 4.90 Å². The molecule has 1 amide bonds. The standard InChI is InChI=1S/C16H24ClN3O.ClH/c1-11(2)15(18)16(21)20-8-6-19(7-9-20)14-10-13(17)5-4-12(14)3;/h4-5,10-11,15H,6-9,18H2,1-3H3;1H/t15-;/m0./s1. The smallest absolute Gasteiger partial charge is 0.239 e. The number of nitrogens with zero attached hydrogens (tertiary/aromatic N) is 2. The summed E-state index contributed by atoms with van der Waals surface area (Å²) in [5.74, 6) is 0.234. The number of carbonyl (C=O) groups excluding carboxylic acids is 1. The summed E-state index contributed by atoms with van der Waals surface area (Å²) in [7, 11) is 0. The van der Waals surface area contributed by atoms with Gasteiger partial charge in [0.2, 0.25) is 5.91 Å². The summed E-state index contributed by atoms with van der Waals surface area (Å²) in [4.78, 5) is 16.4. The van der Waals surface area contributed by atoms with Gasteiger partial charge in [-0.1, -0.05) is 31.5 Å². The molecule has 0 spiro atoms. The van der Waals surface area contributed by atoms with Gasteiger partial charge in [0, 0.05) is 36.9 Å². The van der Waals surface area contributed by atoms with Gasteiger partial charge in [-0.3, -0.25) is 4.79 Å². The molecule has 1 saturated heterocycles. The Morgan fingerprint density at radius 1 is 1.23 bits per heavy atom. The molecule has 1 aliphatic rings. The molecule has 2 rings (SSSR count). The molecule has 0 unspecified atom stereocenters. The summed E-state index contributed by atoms with van der Waals surface area (Å²) in [6.45, 7) is 9.10. The van der Waals surface area contributed by atoms with Crippen molar-refractivity contribution in [3.05, 3.63) is 28.8 Å². The van der Waals surface area contributed by atoms with Gasteiger partial charge in [-0.15, -0.1) is 12.4 Å². The molecule has 0 saturated carbocycles. The molecule has 1 aliphatic heterocycles. The third-order valence-electron chi connectivity index (χ3n) is 4.11. The Morgan fingerprint density at radius 2 is 1.82 bits per heavy atom. The molecule has 0 aliphatic carbocycles. The molecule has 0 radical (unpaired) electrons. The molecular weight excluding hydrogens is 321 g/mol. The van der Waals surface area contributed by atoms with E-state index in [1.54, 1.807) is 0 Å². The summed E-state index contributed by atoms with van der Waals surface area (Å²) >= 11 is 6.08. The number of hydrogen-bond acceptors (Lipinski definition) is 3. The lowest BCUT2D eigenvalue weighted by atomic mass is 10.0. The molecule has 1 atom stereocenters. The predicted octanol–water partition coefficient (Wildman–Crippen LogP) is 2.70. The summed E-state index contributed by atoms with van der Waals surface area (Å²) < 4.78 is 0. The van der Waals surface area contributed by atoms with Crippen LogP contribution in [0, 0.1) is 12.8 Å². The van der Waals surface area contributed by atoms with E-state index in [0.717, 1.165) is 23.8 Å². The van der Waals surface area contributed by atoms with Crippen LogP contribution >= 0.6 is 24.0 Å². The van der Waals surface area contributed by atoms with Gasteiger partial charge in [0.05, 0.1) is 6.04 Å². The lowest BCUT2D eigenvalue weighted by Crippen LogP contribution is -2.54. The van der Waals surface area contributed by atoms with Gasteiger partial charge >= 0.3 is 0 Å². The third-order valence-corrected chi connectivity index (χ3v) is 4.34. The number of halogens is 2. The van der Waals surface area contributed by atoms with E-state index in [9.17, 15) is 4.79 Å². The maximum atomic E-state index is 12.3. The van der Waals surface area contributed by atoms with E-state index in [-0.39, 0.29) is 24.2 Å². The van der Waals surface area contributed by atoms with E-state index >= 15 is 0 Å². The lowest BCUT2D eigenvalue weighted by Gasteiger charge is -2.38. The molecule has 1 heterocycles. The quantitative estimate of drug-likeness (QED) is 0.916. The number of nitrogens with two attached hydrogens (primary N) is 1. The van der Waals surface area contributed by atoms with E-state index < -0.39 is 6.04 Å². The van der Waals surface area contributed by atoms with Gasteiger partial charge in [-0.2, -0.15) is 0 Å². The molecule has 1 aromatic carbocycles. The van der Waals surface area contributed by atoms with Gasteiger partial charge in [0.1, 0.15) is 0 Å². The number of hydrogen-bond donors (Lipinski definition) is 1. The number of piperazine rings is 1. The Labute approximate surface area is 144 Å². The van der Waals surface area contributed by atoms with Crippen molar-refractivity contribution in [2.45, 2.75) is 26.8 Å². The molecule has 22 heavy (non-hydrogen) atoms. The Kier molecular flexibility index (Phi) is 6.98. The van der Waals surface area contributed by atoms with Gasteiger partial charge in [0.15, 0.2) is 0 Å². The Morgan fingerprint density at radius 3 is 2.36 bits per heavy atom. The first-order valence-corrected chi connectivity index (χ1v) is 7.83. The largest absolute Gasteiger partial charge is 0.368 e. The molecule has 124 valence electrons. The first kappa shape index (κ1) is 19.1. The monoisotopic (exact) mass is 345 g/mol. The van der Waals surface area contributed by atoms with E-state index in [1.807, 2.05) is 36.9 Å². The molecule has 1 aromatic rings. The van der Waals surface area contributed by atoms with Crippen molar-refractivity contribution in [3.8, 4) is 0 Å². The van der Waals surface area contributed by atoms with Gasteiger partial charge in [-0.05, 0) is 30.5 Å². The van der Waals surface area contributed by atoms with Crippen LogP contribution in [0.1, 0.15) is 19.4 Å². The lowest BCUT2D eigenvalue weighted by molar-refractivity contribution is -0.133. The van der Waals surface area contributed by atoms with E-state index in [4.69, 9.17) is 17.3 Å². The maximum absolute atomic E-state index is 12.3. The van der Waals surface area contributed by atoms with Crippen molar-refractivity contribution in [2.75, 3.05) is 31.1 Å². The fraction of sp³-hybridized carbons (Fsp3) is 0.562. The van der Waals surface area contributed by atoms with Crippen molar-refractivity contribution in [1.29, 1.82) is 0 Å².